The number of nitro benzene ring substituents is 1. The Labute approximate surface area is 125 Å². The van der Waals surface area contributed by atoms with Gasteiger partial charge in [0.1, 0.15) is 0 Å². The van der Waals surface area contributed by atoms with Crippen LogP contribution in [0.25, 0.3) is 0 Å². The van der Waals surface area contributed by atoms with Gasteiger partial charge in [-0.25, -0.2) is 0 Å². The number of nitrogens with zero attached hydrogens (tertiary/aromatic N) is 1. The molecule has 1 aliphatic rings. The van der Waals surface area contributed by atoms with Crippen molar-refractivity contribution in [2.75, 3.05) is 6.54 Å². The Bertz CT molecular complexity index is 484. The number of rotatable bonds is 7. The van der Waals surface area contributed by atoms with E-state index >= 15 is 0 Å². The summed E-state index contributed by atoms with van der Waals surface area (Å²) in [6.07, 6.45) is 5.72. The highest BCUT2D eigenvalue weighted by molar-refractivity contribution is 5.35. The number of nitro groups is 1. The molecule has 5 heteroatoms. The molecule has 1 aromatic rings. The number of nitrogens with one attached hydrogen (secondary N) is 1. The van der Waals surface area contributed by atoms with Crippen LogP contribution in [0, 0.1) is 10.1 Å². The maximum atomic E-state index is 10.9. The number of benzene rings is 1. The Balaban J connectivity index is 2.07. The molecule has 0 saturated heterocycles. The quantitative estimate of drug-likeness (QED) is 0.597. The summed E-state index contributed by atoms with van der Waals surface area (Å²) in [6.45, 7) is 2.65. The van der Waals surface area contributed by atoms with Crippen LogP contribution >= 0.6 is 0 Å². The van der Waals surface area contributed by atoms with E-state index < -0.39 is 5.60 Å². The molecule has 0 aliphatic heterocycles. The third-order valence-electron chi connectivity index (χ3n) is 4.27. The zero-order valence-corrected chi connectivity index (χ0v) is 12.5. The summed E-state index contributed by atoms with van der Waals surface area (Å²) in [5, 5.41) is 24.7. The van der Waals surface area contributed by atoms with Gasteiger partial charge in [-0.15, -0.1) is 0 Å². The van der Waals surface area contributed by atoms with E-state index in [1.165, 1.54) is 6.07 Å². The van der Waals surface area contributed by atoms with Crippen LogP contribution < -0.4 is 5.32 Å². The molecule has 21 heavy (non-hydrogen) atoms. The summed E-state index contributed by atoms with van der Waals surface area (Å²) < 4.78 is 0. The zero-order valence-electron chi connectivity index (χ0n) is 12.5. The van der Waals surface area contributed by atoms with Crippen molar-refractivity contribution in [3.05, 3.63) is 39.9 Å². The van der Waals surface area contributed by atoms with Gasteiger partial charge < -0.3 is 10.4 Å². The fourth-order valence-electron chi connectivity index (χ4n) is 3.05. The largest absolute Gasteiger partial charge is 0.389 e. The minimum atomic E-state index is -0.604. The second-order valence-electron chi connectivity index (χ2n) is 6.01. The Morgan fingerprint density at radius 1 is 1.43 bits per heavy atom. The molecule has 2 rings (SSSR count). The van der Waals surface area contributed by atoms with Crippen molar-refractivity contribution in [2.45, 2.75) is 57.1 Å². The van der Waals surface area contributed by atoms with Crippen LogP contribution in [-0.2, 0) is 0 Å². The lowest BCUT2D eigenvalue weighted by molar-refractivity contribution is -0.384. The van der Waals surface area contributed by atoms with E-state index in [2.05, 4.69) is 12.2 Å². The lowest BCUT2D eigenvalue weighted by Crippen LogP contribution is -2.39. The first kappa shape index (κ1) is 15.9. The standard InChI is InChI=1S/C16H24N2O3/c1-2-6-15(17-12-16(19)9-3-4-10-16)13-7-5-8-14(11-13)18(20)21/h5,7-8,11,15,17,19H,2-4,6,9-10,12H2,1H3. The molecule has 1 saturated carbocycles. The van der Waals surface area contributed by atoms with E-state index in [0.717, 1.165) is 44.1 Å². The first-order valence-electron chi connectivity index (χ1n) is 7.74. The summed E-state index contributed by atoms with van der Waals surface area (Å²) in [4.78, 5) is 10.5. The van der Waals surface area contributed by atoms with Crippen LogP contribution in [0.3, 0.4) is 0 Å². The highest BCUT2D eigenvalue weighted by Crippen LogP contribution is 2.30. The topological polar surface area (TPSA) is 75.4 Å². The fourth-order valence-corrected chi connectivity index (χ4v) is 3.05. The predicted molar refractivity (Wildman–Crippen MR) is 82.2 cm³/mol. The average Bonchev–Trinajstić information content (AvgIpc) is 2.91. The summed E-state index contributed by atoms with van der Waals surface area (Å²) >= 11 is 0. The van der Waals surface area contributed by atoms with Gasteiger partial charge in [0.15, 0.2) is 0 Å². The van der Waals surface area contributed by atoms with E-state index in [9.17, 15) is 15.2 Å². The summed E-state index contributed by atoms with van der Waals surface area (Å²) in [7, 11) is 0. The van der Waals surface area contributed by atoms with Crippen molar-refractivity contribution < 1.29 is 10.0 Å². The summed E-state index contributed by atoms with van der Waals surface area (Å²) in [5.41, 5.74) is 0.440. The summed E-state index contributed by atoms with van der Waals surface area (Å²) in [6, 6.07) is 6.84. The molecule has 0 aromatic heterocycles. The molecular weight excluding hydrogens is 268 g/mol. The number of hydrogen-bond acceptors (Lipinski definition) is 4. The highest BCUT2D eigenvalue weighted by Gasteiger charge is 2.31. The van der Waals surface area contributed by atoms with E-state index in [4.69, 9.17) is 0 Å². The van der Waals surface area contributed by atoms with Crippen molar-refractivity contribution in [3.8, 4) is 0 Å². The molecule has 0 radical (unpaired) electrons. The lowest BCUT2D eigenvalue weighted by atomic mass is 9.98. The molecule has 0 heterocycles. The van der Waals surface area contributed by atoms with Gasteiger partial charge in [0.25, 0.3) is 5.69 Å². The van der Waals surface area contributed by atoms with Gasteiger partial charge in [-0.1, -0.05) is 38.3 Å². The van der Waals surface area contributed by atoms with Gasteiger partial charge in [-0.2, -0.15) is 0 Å². The van der Waals surface area contributed by atoms with E-state index in [1.54, 1.807) is 12.1 Å². The van der Waals surface area contributed by atoms with Crippen LogP contribution in [-0.4, -0.2) is 22.2 Å². The van der Waals surface area contributed by atoms with Crippen LogP contribution in [0.5, 0.6) is 0 Å². The van der Waals surface area contributed by atoms with Crippen LogP contribution in [0.15, 0.2) is 24.3 Å². The molecule has 0 amide bonds. The Morgan fingerprint density at radius 3 is 2.76 bits per heavy atom. The van der Waals surface area contributed by atoms with Gasteiger partial charge in [-0.05, 0) is 24.8 Å². The fraction of sp³-hybridized carbons (Fsp3) is 0.625. The second-order valence-corrected chi connectivity index (χ2v) is 6.01. The number of non-ortho nitro benzene ring substituents is 1. The van der Waals surface area contributed by atoms with E-state index in [1.807, 2.05) is 6.07 Å². The third kappa shape index (κ3) is 4.25. The SMILES string of the molecule is CCCC(NCC1(O)CCCC1)c1cccc([N+](=O)[O-])c1. The average molecular weight is 292 g/mol. The predicted octanol–water partition coefficient (Wildman–Crippen LogP) is 3.33. The molecule has 1 aliphatic carbocycles. The Hall–Kier alpha value is -1.46. The lowest BCUT2D eigenvalue weighted by Gasteiger charge is -2.27. The first-order chi connectivity index (χ1) is 10.0. The van der Waals surface area contributed by atoms with E-state index in [-0.39, 0.29) is 16.7 Å². The molecule has 2 N–H and O–H groups in total. The Morgan fingerprint density at radius 2 is 2.14 bits per heavy atom. The van der Waals surface area contributed by atoms with Crippen LogP contribution in [0.2, 0.25) is 0 Å². The van der Waals surface area contributed by atoms with Gasteiger partial charge >= 0.3 is 0 Å². The van der Waals surface area contributed by atoms with Crippen molar-refractivity contribution in [1.29, 1.82) is 0 Å². The minimum Gasteiger partial charge on any atom is -0.389 e. The molecular formula is C16H24N2O3. The molecule has 1 atom stereocenters. The van der Waals surface area contributed by atoms with Crippen molar-refractivity contribution >= 4 is 5.69 Å². The smallest absolute Gasteiger partial charge is 0.269 e. The number of hydrogen-bond donors (Lipinski definition) is 2. The van der Waals surface area contributed by atoms with Gasteiger partial charge in [-0.3, -0.25) is 10.1 Å². The minimum absolute atomic E-state index is 0.0551. The molecule has 1 aromatic carbocycles. The van der Waals surface area contributed by atoms with Crippen LogP contribution in [0.1, 0.15) is 57.1 Å². The van der Waals surface area contributed by atoms with Gasteiger partial charge in [0.05, 0.1) is 10.5 Å². The van der Waals surface area contributed by atoms with Gasteiger partial charge in [0, 0.05) is 24.7 Å². The third-order valence-corrected chi connectivity index (χ3v) is 4.27. The van der Waals surface area contributed by atoms with Crippen molar-refractivity contribution in [3.63, 3.8) is 0 Å². The number of aliphatic hydroxyl groups is 1. The summed E-state index contributed by atoms with van der Waals surface area (Å²) in [5.74, 6) is 0. The molecule has 5 nitrogen and oxygen atoms in total. The Kier molecular flexibility index (Phi) is 5.31. The first-order valence-corrected chi connectivity index (χ1v) is 7.74. The van der Waals surface area contributed by atoms with Crippen molar-refractivity contribution in [1.82, 2.24) is 5.32 Å². The molecule has 1 fully saturated rings. The highest BCUT2D eigenvalue weighted by atomic mass is 16.6. The second kappa shape index (κ2) is 7.00. The van der Waals surface area contributed by atoms with E-state index in [0.29, 0.717) is 6.54 Å². The van der Waals surface area contributed by atoms with Crippen LogP contribution in [0.4, 0.5) is 5.69 Å². The maximum Gasteiger partial charge on any atom is 0.269 e. The molecule has 0 spiro atoms. The molecule has 116 valence electrons. The van der Waals surface area contributed by atoms with Crippen molar-refractivity contribution in [2.24, 2.45) is 0 Å². The monoisotopic (exact) mass is 292 g/mol. The maximum absolute atomic E-state index is 10.9. The molecule has 0 bridgehead atoms. The molecule has 1 unspecified atom stereocenters. The van der Waals surface area contributed by atoms with Gasteiger partial charge in [0.2, 0.25) is 0 Å². The zero-order chi connectivity index (χ0) is 15.3. The normalized spacial score (nSPS) is 18.6.